The Balaban J connectivity index is 2.33. The van der Waals surface area contributed by atoms with E-state index in [4.69, 9.17) is 0 Å². The number of amides is 2. The zero-order valence-corrected chi connectivity index (χ0v) is 11.4. The fraction of sp³-hybridized carbons (Fsp3) is 0.333. The van der Waals surface area contributed by atoms with Crippen LogP contribution in [0.2, 0.25) is 0 Å². The molecule has 4 nitrogen and oxygen atoms in total. The zero-order chi connectivity index (χ0) is 14.0. The largest absolute Gasteiger partial charge is 0.331 e. The van der Waals surface area contributed by atoms with Gasteiger partial charge in [0.1, 0.15) is 6.17 Å². The molecule has 0 radical (unpaired) electrons. The molecule has 0 aliphatic carbocycles. The van der Waals surface area contributed by atoms with Crippen LogP contribution in [-0.2, 0) is 4.79 Å². The molecule has 19 heavy (non-hydrogen) atoms. The molecular formula is C15H18N2O2. The van der Waals surface area contributed by atoms with Crippen LogP contribution >= 0.6 is 0 Å². The Hall–Kier alpha value is -2.10. The summed E-state index contributed by atoms with van der Waals surface area (Å²) in [5.41, 5.74) is 0.364. The van der Waals surface area contributed by atoms with Crippen molar-refractivity contribution in [2.75, 3.05) is 0 Å². The Kier molecular flexibility index (Phi) is 3.42. The number of nitrogens with one attached hydrogen (secondary N) is 1. The lowest BCUT2D eigenvalue weighted by atomic mass is 9.90. The van der Waals surface area contributed by atoms with Crippen molar-refractivity contribution in [2.45, 2.75) is 26.9 Å². The summed E-state index contributed by atoms with van der Waals surface area (Å²) >= 11 is 0. The highest BCUT2D eigenvalue weighted by atomic mass is 16.2. The summed E-state index contributed by atoms with van der Waals surface area (Å²) in [6, 6.07) is 9.06. The fourth-order valence-electron chi connectivity index (χ4n) is 2.03. The summed E-state index contributed by atoms with van der Waals surface area (Å²) in [5.74, 6) is -0.284. The third-order valence-electron chi connectivity index (χ3n) is 3.02. The number of benzene rings is 1. The van der Waals surface area contributed by atoms with Crippen molar-refractivity contribution in [3.63, 3.8) is 0 Å². The van der Waals surface area contributed by atoms with Crippen LogP contribution in [0.4, 0.5) is 0 Å². The molecule has 0 saturated carbocycles. The Labute approximate surface area is 113 Å². The van der Waals surface area contributed by atoms with Gasteiger partial charge in [-0.05, 0) is 12.1 Å². The molecule has 2 amide bonds. The number of rotatable bonds is 1. The summed E-state index contributed by atoms with van der Waals surface area (Å²) in [4.78, 5) is 25.6. The van der Waals surface area contributed by atoms with Gasteiger partial charge in [0.05, 0.1) is 0 Å². The maximum absolute atomic E-state index is 12.5. The molecule has 4 heteroatoms. The van der Waals surface area contributed by atoms with Crippen molar-refractivity contribution in [3.05, 3.63) is 48.2 Å². The summed E-state index contributed by atoms with van der Waals surface area (Å²) in [7, 11) is 0. The van der Waals surface area contributed by atoms with Crippen LogP contribution in [0.5, 0.6) is 0 Å². The van der Waals surface area contributed by atoms with Crippen molar-refractivity contribution in [2.24, 2.45) is 5.41 Å². The molecule has 0 spiro atoms. The maximum Gasteiger partial charge on any atom is 0.259 e. The second-order valence-corrected chi connectivity index (χ2v) is 5.67. The van der Waals surface area contributed by atoms with Gasteiger partial charge in [0.15, 0.2) is 0 Å². The Morgan fingerprint density at radius 2 is 1.84 bits per heavy atom. The molecule has 2 rings (SSSR count). The molecule has 0 aromatic heterocycles. The van der Waals surface area contributed by atoms with Gasteiger partial charge in [-0.15, -0.1) is 0 Å². The molecule has 0 unspecified atom stereocenters. The number of hydrogen-bond donors (Lipinski definition) is 1. The molecule has 0 saturated heterocycles. The van der Waals surface area contributed by atoms with Gasteiger partial charge in [-0.3, -0.25) is 14.5 Å². The van der Waals surface area contributed by atoms with E-state index in [0.717, 1.165) is 0 Å². The fourth-order valence-corrected chi connectivity index (χ4v) is 2.03. The minimum atomic E-state index is -0.349. The van der Waals surface area contributed by atoms with Crippen LogP contribution in [0, 0.1) is 5.41 Å². The minimum Gasteiger partial charge on any atom is -0.331 e. The second-order valence-electron chi connectivity index (χ2n) is 5.67. The number of nitrogens with zero attached hydrogens (tertiary/aromatic N) is 1. The smallest absolute Gasteiger partial charge is 0.259 e. The summed E-state index contributed by atoms with van der Waals surface area (Å²) in [6.45, 7) is 5.97. The SMILES string of the molecule is CC(C)(C)[C@H]1NC(=O)C=CN1C(=O)c1ccccc1. The van der Waals surface area contributed by atoms with Gasteiger partial charge in [-0.1, -0.05) is 39.0 Å². The summed E-state index contributed by atoms with van der Waals surface area (Å²) in [6.07, 6.45) is 2.59. The number of carbonyl (C=O) groups is 2. The van der Waals surface area contributed by atoms with E-state index in [1.807, 2.05) is 39.0 Å². The second kappa shape index (κ2) is 4.88. The normalized spacial score (nSPS) is 19.2. The third-order valence-corrected chi connectivity index (χ3v) is 3.02. The highest BCUT2D eigenvalue weighted by Gasteiger charge is 2.35. The summed E-state index contributed by atoms with van der Waals surface area (Å²) in [5, 5.41) is 2.84. The monoisotopic (exact) mass is 258 g/mol. The zero-order valence-electron chi connectivity index (χ0n) is 11.4. The van der Waals surface area contributed by atoms with Crippen molar-refractivity contribution in [3.8, 4) is 0 Å². The van der Waals surface area contributed by atoms with E-state index in [9.17, 15) is 9.59 Å². The van der Waals surface area contributed by atoms with Gasteiger partial charge in [-0.2, -0.15) is 0 Å². The van der Waals surface area contributed by atoms with E-state index in [-0.39, 0.29) is 23.4 Å². The lowest BCUT2D eigenvalue weighted by Gasteiger charge is -2.40. The lowest BCUT2D eigenvalue weighted by molar-refractivity contribution is -0.120. The first kappa shape index (κ1) is 13.3. The van der Waals surface area contributed by atoms with Crippen LogP contribution < -0.4 is 5.32 Å². The van der Waals surface area contributed by atoms with Crippen LogP contribution in [0.3, 0.4) is 0 Å². The Morgan fingerprint density at radius 1 is 1.21 bits per heavy atom. The van der Waals surface area contributed by atoms with Gasteiger partial charge >= 0.3 is 0 Å². The molecule has 1 aromatic carbocycles. The van der Waals surface area contributed by atoms with Crippen LogP contribution in [0.15, 0.2) is 42.6 Å². The first-order valence-corrected chi connectivity index (χ1v) is 6.26. The lowest BCUT2D eigenvalue weighted by Crippen LogP contribution is -2.57. The minimum absolute atomic E-state index is 0.114. The first-order valence-electron chi connectivity index (χ1n) is 6.26. The molecule has 1 atom stereocenters. The van der Waals surface area contributed by atoms with Gasteiger partial charge in [0.25, 0.3) is 5.91 Å². The van der Waals surface area contributed by atoms with Gasteiger partial charge in [0.2, 0.25) is 5.91 Å². The van der Waals surface area contributed by atoms with Crippen LogP contribution in [0.1, 0.15) is 31.1 Å². The quantitative estimate of drug-likeness (QED) is 0.839. The molecular weight excluding hydrogens is 240 g/mol. The molecule has 0 bridgehead atoms. The Bertz CT molecular complexity index is 515. The average molecular weight is 258 g/mol. The molecule has 1 aromatic rings. The van der Waals surface area contributed by atoms with E-state index < -0.39 is 0 Å². The van der Waals surface area contributed by atoms with Crippen molar-refractivity contribution < 1.29 is 9.59 Å². The van der Waals surface area contributed by atoms with Gasteiger partial charge in [-0.25, -0.2) is 0 Å². The van der Waals surface area contributed by atoms with E-state index >= 15 is 0 Å². The summed E-state index contributed by atoms with van der Waals surface area (Å²) < 4.78 is 0. The van der Waals surface area contributed by atoms with Crippen molar-refractivity contribution in [1.29, 1.82) is 0 Å². The van der Waals surface area contributed by atoms with Crippen molar-refractivity contribution in [1.82, 2.24) is 10.2 Å². The van der Waals surface area contributed by atoms with E-state index in [1.54, 1.807) is 23.2 Å². The third kappa shape index (κ3) is 2.84. The molecule has 1 heterocycles. The predicted octanol–water partition coefficient (Wildman–Crippen LogP) is 2.14. The topological polar surface area (TPSA) is 49.4 Å². The number of carbonyl (C=O) groups excluding carboxylic acids is 2. The van der Waals surface area contributed by atoms with Gasteiger partial charge in [0, 0.05) is 23.3 Å². The maximum atomic E-state index is 12.5. The average Bonchev–Trinajstić information content (AvgIpc) is 2.38. The first-order chi connectivity index (χ1) is 8.89. The van der Waals surface area contributed by atoms with Crippen molar-refractivity contribution >= 4 is 11.8 Å². The highest BCUT2D eigenvalue weighted by molar-refractivity contribution is 5.97. The van der Waals surface area contributed by atoms with E-state index in [2.05, 4.69) is 5.32 Å². The number of hydrogen-bond acceptors (Lipinski definition) is 2. The van der Waals surface area contributed by atoms with Gasteiger partial charge < -0.3 is 5.32 Å². The van der Waals surface area contributed by atoms with E-state index in [0.29, 0.717) is 5.56 Å². The molecule has 100 valence electrons. The molecule has 1 aliphatic heterocycles. The Morgan fingerprint density at radius 3 is 2.42 bits per heavy atom. The molecule has 0 fully saturated rings. The standard InChI is InChI=1S/C15H18N2O2/c1-15(2,3)14-16-12(18)9-10-17(14)13(19)11-7-5-4-6-8-11/h4-10,14H,1-3H3,(H,16,18)/t14-/m0/s1. The van der Waals surface area contributed by atoms with Crippen LogP contribution in [0.25, 0.3) is 0 Å². The predicted molar refractivity (Wildman–Crippen MR) is 73.1 cm³/mol. The highest BCUT2D eigenvalue weighted by Crippen LogP contribution is 2.26. The molecule has 1 aliphatic rings. The van der Waals surface area contributed by atoms with E-state index in [1.165, 1.54) is 6.08 Å². The van der Waals surface area contributed by atoms with Crippen LogP contribution in [-0.4, -0.2) is 22.9 Å². The molecule has 1 N–H and O–H groups in total.